The van der Waals surface area contributed by atoms with Crippen molar-refractivity contribution in [3.8, 4) is 16.9 Å². The maximum absolute atomic E-state index is 13.0. The minimum Gasteiger partial charge on any atom is -0.496 e. The molecular weight excluding hydrogens is 364 g/mol. The zero-order valence-corrected chi connectivity index (χ0v) is 16.8. The van der Waals surface area contributed by atoms with Crippen LogP contribution in [0.1, 0.15) is 50.5 Å². The Balaban J connectivity index is 1.46. The summed E-state index contributed by atoms with van der Waals surface area (Å²) in [6, 6.07) is 14.0. The van der Waals surface area contributed by atoms with Crippen molar-refractivity contribution < 1.29 is 13.9 Å². The van der Waals surface area contributed by atoms with Gasteiger partial charge in [0, 0.05) is 18.0 Å². The number of carbonyl (C=O) groups excluding carboxylic acids is 1. The van der Waals surface area contributed by atoms with Gasteiger partial charge in [-0.1, -0.05) is 37.1 Å². The zero-order chi connectivity index (χ0) is 19.8. The summed E-state index contributed by atoms with van der Waals surface area (Å²) >= 11 is 0. The first-order valence-corrected chi connectivity index (χ1v) is 10.6. The fourth-order valence-electron chi connectivity index (χ4n) is 4.83. The van der Waals surface area contributed by atoms with E-state index in [1.807, 2.05) is 47.4 Å². The van der Waals surface area contributed by atoms with Crippen LogP contribution < -0.4 is 4.74 Å². The topological polar surface area (TPSA) is 55.6 Å². The Hall–Kier alpha value is -2.82. The maximum Gasteiger partial charge on any atom is 0.226 e. The summed E-state index contributed by atoms with van der Waals surface area (Å²) in [5.74, 6) is 1.99. The highest BCUT2D eigenvalue weighted by molar-refractivity contribution is 5.83. The number of fused-ring (bicyclic) bond motifs is 1. The van der Waals surface area contributed by atoms with Crippen LogP contribution in [0.5, 0.6) is 5.75 Å². The molecular formula is C24H26N2O3. The van der Waals surface area contributed by atoms with E-state index in [0.717, 1.165) is 60.2 Å². The third-order valence-corrected chi connectivity index (χ3v) is 6.35. The number of oxazole rings is 1. The molecule has 0 bridgehead atoms. The number of para-hydroxylation sites is 1. The van der Waals surface area contributed by atoms with E-state index >= 15 is 0 Å². The van der Waals surface area contributed by atoms with Gasteiger partial charge in [-0.3, -0.25) is 4.79 Å². The second kappa shape index (κ2) is 7.54. The van der Waals surface area contributed by atoms with Crippen LogP contribution in [0, 0.1) is 5.92 Å². The Morgan fingerprint density at radius 2 is 1.93 bits per heavy atom. The van der Waals surface area contributed by atoms with Crippen LogP contribution in [0.2, 0.25) is 0 Å². The molecule has 1 atom stereocenters. The number of hydrogen-bond donors (Lipinski definition) is 0. The first-order valence-electron chi connectivity index (χ1n) is 10.6. The molecule has 3 aromatic rings. The first kappa shape index (κ1) is 18.2. The second-order valence-corrected chi connectivity index (χ2v) is 8.11. The normalized spacial score (nSPS) is 19.9. The average molecular weight is 390 g/mol. The van der Waals surface area contributed by atoms with Gasteiger partial charge in [0.25, 0.3) is 0 Å². The van der Waals surface area contributed by atoms with Crippen molar-refractivity contribution in [1.82, 2.24) is 9.88 Å². The van der Waals surface area contributed by atoms with Crippen molar-refractivity contribution in [3.05, 3.63) is 48.4 Å². The summed E-state index contributed by atoms with van der Waals surface area (Å²) in [6.07, 6.45) is 6.32. The third-order valence-electron chi connectivity index (χ3n) is 6.35. The van der Waals surface area contributed by atoms with Gasteiger partial charge in [-0.2, -0.15) is 0 Å². The van der Waals surface area contributed by atoms with Gasteiger partial charge in [-0.05, 0) is 49.4 Å². The number of aromatic nitrogens is 1. The summed E-state index contributed by atoms with van der Waals surface area (Å²) in [4.78, 5) is 19.8. The molecule has 2 heterocycles. The van der Waals surface area contributed by atoms with E-state index in [1.54, 1.807) is 7.11 Å². The van der Waals surface area contributed by atoms with Crippen LogP contribution in [0.15, 0.2) is 46.9 Å². The molecule has 1 aliphatic heterocycles. The predicted molar refractivity (Wildman–Crippen MR) is 112 cm³/mol. The Labute approximate surface area is 170 Å². The lowest BCUT2D eigenvalue weighted by atomic mass is 10.0. The largest absolute Gasteiger partial charge is 0.496 e. The van der Waals surface area contributed by atoms with Crippen molar-refractivity contribution in [3.63, 3.8) is 0 Å². The quantitative estimate of drug-likeness (QED) is 0.602. The van der Waals surface area contributed by atoms with Gasteiger partial charge in [0.05, 0.1) is 7.11 Å². The summed E-state index contributed by atoms with van der Waals surface area (Å²) < 4.78 is 11.6. The van der Waals surface area contributed by atoms with Crippen molar-refractivity contribution >= 4 is 17.0 Å². The fraction of sp³-hybridized carbons (Fsp3) is 0.417. The number of hydrogen-bond acceptors (Lipinski definition) is 4. The van der Waals surface area contributed by atoms with Gasteiger partial charge in [-0.25, -0.2) is 4.98 Å². The Morgan fingerprint density at radius 1 is 1.10 bits per heavy atom. The monoisotopic (exact) mass is 390 g/mol. The molecule has 2 aromatic carbocycles. The van der Waals surface area contributed by atoms with Gasteiger partial charge in [-0.15, -0.1) is 0 Å². The van der Waals surface area contributed by atoms with E-state index in [1.165, 1.54) is 12.8 Å². The van der Waals surface area contributed by atoms with Gasteiger partial charge in [0.15, 0.2) is 5.58 Å². The number of methoxy groups -OCH3 is 1. The molecule has 5 heteroatoms. The lowest BCUT2D eigenvalue weighted by Gasteiger charge is -2.25. The number of nitrogens with zero attached hydrogens (tertiary/aromatic N) is 2. The summed E-state index contributed by atoms with van der Waals surface area (Å²) in [5.41, 5.74) is 3.66. The molecule has 1 saturated carbocycles. The van der Waals surface area contributed by atoms with Gasteiger partial charge >= 0.3 is 0 Å². The summed E-state index contributed by atoms with van der Waals surface area (Å²) in [6.45, 7) is 0.811. The van der Waals surface area contributed by atoms with Crippen LogP contribution >= 0.6 is 0 Å². The van der Waals surface area contributed by atoms with Gasteiger partial charge in [0.1, 0.15) is 17.3 Å². The molecule has 5 nitrogen and oxygen atoms in total. The molecule has 1 aliphatic carbocycles. The molecule has 0 N–H and O–H groups in total. The van der Waals surface area contributed by atoms with E-state index < -0.39 is 0 Å². The molecule has 1 amide bonds. The Kier molecular flexibility index (Phi) is 4.74. The summed E-state index contributed by atoms with van der Waals surface area (Å²) in [7, 11) is 1.68. The van der Waals surface area contributed by atoms with E-state index in [0.29, 0.717) is 11.8 Å². The number of rotatable bonds is 4. The van der Waals surface area contributed by atoms with Crippen molar-refractivity contribution in [1.29, 1.82) is 0 Å². The van der Waals surface area contributed by atoms with Crippen LogP contribution in [0.4, 0.5) is 0 Å². The highest BCUT2D eigenvalue weighted by Gasteiger charge is 2.37. The molecule has 1 saturated heterocycles. The van der Waals surface area contributed by atoms with Crippen LogP contribution in [-0.2, 0) is 4.79 Å². The molecule has 2 fully saturated rings. The average Bonchev–Trinajstić information content (AvgIpc) is 3.52. The highest BCUT2D eigenvalue weighted by atomic mass is 16.5. The number of carbonyl (C=O) groups is 1. The smallest absolute Gasteiger partial charge is 0.226 e. The first-order chi connectivity index (χ1) is 14.2. The van der Waals surface area contributed by atoms with E-state index in [2.05, 4.69) is 0 Å². The highest BCUT2D eigenvalue weighted by Crippen LogP contribution is 2.38. The minimum atomic E-state index is -0.0368. The number of amides is 1. The van der Waals surface area contributed by atoms with E-state index in [9.17, 15) is 4.79 Å². The van der Waals surface area contributed by atoms with E-state index in [-0.39, 0.29) is 12.0 Å². The molecule has 1 aromatic heterocycles. The van der Waals surface area contributed by atoms with Crippen molar-refractivity contribution in [2.24, 2.45) is 5.92 Å². The third kappa shape index (κ3) is 3.28. The molecule has 5 rings (SSSR count). The van der Waals surface area contributed by atoms with Crippen LogP contribution in [0.25, 0.3) is 22.2 Å². The maximum atomic E-state index is 13.0. The lowest BCUT2D eigenvalue weighted by molar-refractivity contribution is -0.136. The Bertz CT molecular complexity index is 1040. The minimum absolute atomic E-state index is 0.0368. The molecule has 0 unspecified atom stereocenters. The lowest BCUT2D eigenvalue weighted by Crippen LogP contribution is -2.34. The predicted octanol–water partition coefficient (Wildman–Crippen LogP) is 5.36. The molecule has 29 heavy (non-hydrogen) atoms. The number of ether oxygens (including phenoxy) is 1. The van der Waals surface area contributed by atoms with Crippen LogP contribution in [-0.4, -0.2) is 29.4 Å². The molecule has 2 aliphatic rings. The Morgan fingerprint density at radius 3 is 2.76 bits per heavy atom. The second-order valence-electron chi connectivity index (χ2n) is 8.11. The van der Waals surface area contributed by atoms with Crippen LogP contribution in [0.3, 0.4) is 0 Å². The standard InChI is InChI=1S/C24H26N2O3/c1-28-21-11-5-4-9-18(21)17-12-13-22-19(15-17)25-23(29-22)20-10-6-14-26(20)24(27)16-7-2-3-8-16/h4-5,9,11-13,15-16,20H,2-3,6-8,10,14H2,1H3/t20-/m1/s1. The van der Waals surface area contributed by atoms with E-state index in [4.69, 9.17) is 14.1 Å². The van der Waals surface area contributed by atoms with Crippen molar-refractivity contribution in [2.75, 3.05) is 13.7 Å². The fourth-order valence-corrected chi connectivity index (χ4v) is 4.83. The molecule has 0 spiro atoms. The van der Waals surface area contributed by atoms with Gasteiger partial charge in [0.2, 0.25) is 11.8 Å². The molecule has 0 radical (unpaired) electrons. The summed E-state index contributed by atoms with van der Waals surface area (Å²) in [5, 5.41) is 0. The number of likely N-dealkylation sites (tertiary alicyclic amines) is 1. The SMILES string of the molecule is COc1ccccc1-c1ccc2oc([C@H]3CCCN3C(=O)C3CCCC3)nc2c1. The van der Waals surface area contributed by atoms with Crippen molar-refractivity contribution in [2.45, 2.75) is 44.6 Å². The number of benzene rings is 2. The van der Waals surface area contributed by atoms with Gasteiger partial charge < -0.3 is 14.1 Å². The zero-order valence-electron chi connectivity index (χ0n) is 16.8. The molecule has 150 valence electrons.